The van der Waals surface area contributed by atoms with Crippen LogP contribution in [0.3, 0.4) is 0 Å². The molecule has 4 heterocycles. The first-order chi connectivity index (χ1) is 20.3. The molecule has 2 saturated heterocycles. The Hall–Kier alpha value is -3.66. The average molecular weight is 592 g/mol. The molecule has 3 aliphatic heterocycles. The number of aromatic nitrogens is 2. The minimum Gasteiger partial charge on any atom is -0.478 e. The van der Waals surface area contributed by atoms with Crippen molar-refractivity contribution in [2.24, 2.45) is 11.8 Å². The van der Waals surface area contributed by atoms with Gasteiger partial charge in [0.25, 0.3) is 5.79 Å². The maximum absolute atomic E-state index is 13.9. The summed E-state index contributed by atoms with van der Waals surface area (Å²) in [5, 5.41) is 9.63. The average Bonchev–Trinajstić information content (AvgIpc) is 3.24. The third-order valence-corrected chi connectivity index (χ3v) is 8.79. The number of carboxylic acids is 1. The van der Waals surface area contributed by atoms with Crippen molar-refractivity contribution < 1.29 is 28.5 Å². The number of hydrogen-bond donors (Lipinski definition) is 1. The van der Waals surface area contributed by atoms with Crippen LogP contribution in [-0.4, -0.2) is 51.3 Å². The van der Waals surface area contributed by atoms with Gasteiger partial charge in [0.2, 0.25) is 0 Å². The van der Waals surface area contributed by atoms with Crippen molar-refractivity contribution in [3.05, 3.63) is 88.5 Å². The summed E-state index contributed by atoms with van der Waals surface area (Å²) >= 11 is 5.74. The third kappa shape index (κ3) is 5.21. The van der Waals surface area contributed by atoms with Gasteiger partial charge in [-0.15, -0.1) is 0 Å². The van der Waals surface area contributed by atoms with Gasteiger partial charge in [-0.05, 0) is 73.2 Å². The zero-order chi connectivity index (χ0) is 29.0. The SMILES string of the molecule is CC1(c2ccc(Cl)cc2F)Oc2ccccc2O1.O=C(O)c1ccc2nc(CN3CC4CC4C3)n(CC3CCO3)c2c1. The monoisotopic (exact) mass is 591 g/mol. The van der Waals surface area contributed by atoms with E-state index in [0.717, 1.165) is 54.8 Å². The normalized spacial score (nSPS) is 23.2. The van der Waals surface area contributed by atoms with E-state index in [9.17, 15) is 14.3 Å². The quantitative estimate of drug-likeness (QED) is 0.290. The Balaban J connectivity index is 0.000000143. The highest BCUT2D eigenvalue weighted by atomic mass is 35.5. The van der Waals surface area contributed by atoms with E-state index in [1.165, 1.54) is 25.6 Å². The minimum absolute atomic E-state index is 0.224. The summed E-state index contributed by atoms with van der Waals surface area (Å²) in [6, 6.07) is 16.9. The maximum Gasteiger partial charge on any atom is 0.335 e. The molecule has 0 spiro atoms. The molecule has 1 saturated carbocycles. The van der Waals surface area contributed by atoms with Gasteiger partial charge >= 0.3 is 5.97 Å². The number of carboxylic acid groups (broad SMARTS) is 1. The number of halogens is 2. The Morgan fingerprint density at radius 3 is 2.43 bits per heavy atom. The highest BCUT2D eigenvalue weighted by molar-refractivity contribution is 6.30. The fourth-order valence-electron chi connectivity index (χ4n) is 6.11. The maximum atomic E-state index is 13.9. The first-order valence-corrected chi connectivity index (χ1v) is 14.6. The molecule has 1 N–H and O–H groups in total. The molecule has 8 nitrogen and oxygen atoms in total. The summed E-state index contributed by atoms with van der Waals surface area (Å²) in [6.07, 6.45) is 2.68. The predicted molar refractivity (Wildman–Crippen MR) is 154 cm³/mol. The van der Waals surface area contributed by atoms with Crippen molar-refractivity contribution in [3.8, 4) is 11.5 Å². The van der Waals surface area contributed by atoms with Gasteiger partial charge in [-0.3, -0.25) is 4.90 Å². The molecule has 3 unspecified atom stereocenters. The number of carbonyl (C=O) groups is 1. The molecule has 8 rings (SSSR count). The third-order valence-electron chi connectivity index (χ3n) is 8.55. The van der Waals surface area contributed by atoms with Gasteiger partial charge in [-0.2, -0.15) is 0 Å². The molecule has 42 heavy (non-hydrogen) atoms. The summed E-state index contributed by atoms with van der Waals surface area (Å²) in [4.78, 5) is 18.6. The zero-order valence-corrected chi connectivity index (χ0v) is 23.9. The highest BCUT2D eigenvalue weighted by Gasteiger charge is 2.45. The molecule has 1 aromatic heterocycles. The highest BCUT2D eigenvalue weighted by Crippen LogP contribution is 2.46. The topological polar surface area (TPSA) is 86.0 Å². The Morgan fingerprint density at radius 2 is 1.81 bits per heavy atom. The number of aromatic carboxylic acids is 1. The van der Waals surface area contributed by atoms with Crippen molar-refractivity contribution in [1.29, 1.82) is 0 Å². The van der Waals surface area contributed by atoms with E-state index >= 15 is 0 Å². The van der Waals surface area contributed by atoms with Crippen LogP contribution >= 0.6 is 11.6 Å². The Morgan fingerprint density at radius 1 is 1.10 bits per heavy atom. The number of rotatable bonds is 6. The fourth-order valence-corrected chi connectivity index (χ4v) is 6.27. The lowest BCUT2D eigenvalue weighted by atomic mass is 10.1. The Kier molecular flexibility index (Phi) is 6.84. The first kappa shape index (κ1) is 27.2. The van der Waals surface area contributed by atoms with Crippen molar-refractivity contribution in [3.63, 3.8) is 0 Å². The van der Waals surface area contributed by atoms with Gasteiger partial charge in [0.05, 0.1) is 41.4 Å². The second-order valence-electron chi connectivity index (χ2n) is 11.6. The predicted octanol–water partition coefficient (Wildman–Crippen LogP) is 6.10. The van der Waals surface area contributed by atoms with Crippen LogP contribution in [0.4, 0.5) is 4.39 Å². The number of fused-ring (bicyclic) bond motifs is 3. The lowest BCUT2D eigenvalue weighted by molar-refractivity contribution is -0.0707. The summed E-state index contributed by atoms with van der Waals surface area (Å²) in [5.74, 6) is 1.54. The summed E-state index contributed by atoms with van der Waals surface area (Å²) in [5.41, 5.74) is 2.42. The summed E-state index contributed by atoms with van der Waals surface area (Å²) < 4.78 is 33.1. The van der Waals surface area contributed by atoms with Crippen LogP contribution in [0.15, 0.2) is 60.7 Å². The van der Waals surface area contributed by atoms with Gasteiger partial charge in [0, 0.05) is 31.6 Å². The standard InChI is InChI=1S/C18H21N3O3.C14H10ClFO2/c22-18(23)11-1-2-15-16(6-11)21(9-14-3-4-24-14)17(19-15)10-20-7-12-5-13(12)8-20;1-14(10-7-6-9(15)8-11(10)16)17-12-4-2-3-5-13(12)18-14/h1-2,6,12-14H,3-5,7-10H2,(H,22,23);2-8H,1H3. The zero-order valence-electron chi connectivity index (χ0n) is 23.1. The van der Waals surface area contributed by atoms with E-state index in [1.54, 1.807) is 43.3 Å². The number of piperidine rings is 1. The van der Waals surface area contributed by atoms with Crippen LogP contribution in [0, 0.1) is 17.7 Å². The second kappa shape index (κ2) is 10.6. The molecule has 4 aliphatic rings. The molecule has 0 bridgehead atoms. The molecular formula is C32H31ClFN3O5. The first-order valence-electron chi connectivity index (χ1n) is 14.2. The fraction of sp³-hybridized carbons (Fsp3) is 0.375. The number of benzene rings is 3. The van der Waals surface area contributed by atoms with Crippen molar-refractivity contribution in [2.75, 3.05) is 19.7 Å². The van der Waals surface area contributed by atoms with Crippen molar-refractivity contribution in [1.82, 2.24) is 14.5 Å². The van der Waals surface area contributed by atoms with Crippen molar-refractivity contribution >= 4 is 28.6 Å². The van der Waals surface area contributed by atoms with Gasteiger partial charge in [-0.1, -0.05) is 23.7 Å². The number of likely N-dealkylation sites (tertiary alicyclic amines) is 1. The Bertz CT molecular complexity index is 1640. The van der Waals surface area contributed by atoms with E-state index in [4.69, 9.17) is 30.8 Å². The molecule has 218 valence electrons. The molecule has 3 aromatic carbocycles. The molecule has 0 amide bonds. The van der Waals surface area contributed by atoms with E-state index in [1.807, 2.05) is 18.2 Å². The molecule has 1 aliphatic carbocycles. The second-order valence-corrected chi connectivity index (χ2v) is 12.0. The van der Waals surface area contributed by atoms with Crippen LogP contribution < -0.4 is 9.47 Å². The van der Waals surface area contributed by atoms with Crippen molar-refractivity contribution in [2.45, 2.75) is 44.7 Å². The van der Waals surface area contributed by atoms with Crippen LogP contribution in [-0.2, 0) is 23.6 Å². The van der Waals surface area contributed by atoms with E-state index in [0.29, 0.717) is 27.6 Å². The number of hydrogen-bond acceptors (Lipinski definition) is 6. The summed E-state index contributed by atoms with van der Waals surface area (Å²) in [6.45, 7) is 6.45. The molecule has 0 radical (unpaired) electrons. The minimum atomic E-state index is -1.15. The largest absolute Gasteiger partial charge is 0.478 e. The molecular weight excluding hydrogens is 561 g/mol. The molecule has 3 fully saturated rings. The summed E-state index contributed by atoms with van der Waals surface area (Å²) in [7, 11) is 0. The van der Waals surface area contributed by atoms with Crippen LogP contribution in [0.2, 0.25) is 5.02 Å². The van der Waals surface area contributed by atoms with Crippen LogP contribution in [0.5, 0.6) is 11.5 Å². The number of para-hydroxylation sites is 2. The molecule has 3 atom stereocenters. The van der Waals surface area contributed by atoms with Gasteiger partial charge < -0.3 is 23.9 Å². The van der Waals surface area contributed by atoms with Crippen LogP contribution in [0.1, 0.15) is 41.5 Å². The molecule has 10 heteroatoms. The van der Waals surface area contributed by atoms with E-state index in [-0.39, 0.29) is 6.10 Å². The number of nitrogens with zero attached hydrogens (tertiary/aromatic N) is 3. The van der Waals surface area contributed by atoms with Gasteiger partial charge in [0.15, 0.2) is 11.5 Å². The van der Waals surface area contributed by atoms with Gasteiger partial charge in [-0.25, -0.2) is 14.2 Å². The number of ether oxygens (including phenoxy) is 3. The molecule has 4 aromatic rings. The van der Waals surface area contributed by atoms with E-state index in [2.05, 4.69) is 9.47 Å². The van der Waals surface area contributed by atoms with Crippen LogP contribution in [0.25, 0.3) is 11.0 Å². The lowest BCUT2D eigenvalue weighted by Gasteiger charge is -2.28. The van der Waals surface area contributed by atoms with E-state index < -0.39 is 17.6 Å². The lowest BCUT2D eigenvalue weighted by Crippen LogP contribution is -2.32. The smallest absolute Gasteiger partial charge is 0.335 e. The van der Waals surface area contributed by atoms with Gasteiger partial charge in [0.1, 0.15) is 11.6 Å². The number of imidazole rings is 1. The Labute approximate surface area is 247 Å².